The summed E-state index contributed by atoms with van der Waals surface area (Å²) in [6, 6.07) is 0.169. The largest absolute Gasteiger partial charge is 0.338 e. The van der Waals surface area contributed by atoms with E-state index in [-0.39, 0.29) is 6.03 Å². The van der Waals surface area contributed by atoms with E-state index in [1.54, 1.807) is 0 Å². The summed E-state index contributed by atoms with van der Waals surface area (Å²) in [5, 5.41) is 3.12. The maximum absolute atomic E-state index is 12.0. The normalized spacial score (nSPS) is 23.7. The lowest BCUT2D eigenvalue weighted by molar-refractivity contribution is 0.171. The van der Waals surface area contributed by atoms with E-state index < -0.39 is 0 Å². The van der Waals surface area contributed by atoms with Crippen LogP contribution in [0.1, 0.15) is 51.9 Å². The van der Waals surface area contributed by atoms with E-state index in [1.165, 1.54) is 32.1 Å². The van der Waals surface area contributed by atoms with Crippen LogP contribution in [0, 0.1) is 11.8 Å². The summed E-state index contributed by atoms with van der Waals surface area (Å²) in [7, 11) is 0. The molecule has 2 fully saturated rings. The van der Waals surface area contributed by atoms with Crippen LogP contribution in [0.5, 0.6) is 0 Å². The van der Waals surface area contributed by atoms with Gasteiger partial charge in [-0.15, -0.1) is 0 Å². The molecule has 17 heavy (non-hydrogen) atoms. The highest BCUT2D eigenvalue weighted by atomic mass is 16.2. The van der Waals surface area contributed by atoms with E-state index in [4.69, 9.17) is 0 Å². The highest BCUT2D eigenvalue weighted by Gasteiger charge is 2.21. The molecule has 2 aliphatic rings. The Morgan fingerprint density at radius 3 is 2.41 bits per heavy atom. The molecule has 2 amide bonds. The van der Waals surface area contributed by atoms with Crippen molar-refractivity contribution in [1.82, 2.24) is 10.2 Å². The van der Waals surface area contributed by atoms with Crippen LogP contribution in [0.4, 0.5) is 4.79 Å². The van der Waals surface area contributed by atoms with Crippen molar-refractivity contribution in [1.29, 1.82) is 0 Å². The summed E-state index contributed by atoms with van der Waals surface area (Å²) in [5.41, 5.74) is 0. The topological polar surface area (TPSA) is 32.3 Å². The average molecular weight is 238 g/mol. The summed E-state index contributed by atoms with van der Waals surface area (Å²) in [5.74, 6) is 1.52. The van der Waals surface area contributed by atoms with Crippen LogP contribution < -0.4 is 5.32 Å². The predicted molar refractivity (Wildman–Crippen MR) is 69.9 cm³/mol. The highest BCUT2D eigenvalue weighted by molar-refractivity contribution is 5.74. The van der Waals surface area contributed by atoms with Crippen molar-refractivity contribution in [2.75, 3.05) is 19.6 Å². The van der Waals surface area contributed by atoms with Crippen LogP contribution in [-0.4, -0.2) is 30.6 Å². The lowest BCUT2D eigenvalue weighted by atomic mass is 9.89. The summed E-state index contributed by atoms with van der Waals surface area (Å²) in [4.78, 5) is 14.0. The molecule has 3 heteroatoms. The maximum atomic E-state index is 12.0. The van der Waals surface area contributed by atoms with E-state index in [9.17, 15) is 4.79 Å². The summed E-state index contributed by atoms with van der Waals surface area (Å²) in [6.07, 6.45) is 9.01. The van der Waals surface area contributed by atoms with Crippen LogP contribution in [-0.2, 0) is 0 Å². The van der Waals surface area contributed by atoms with Crippen LogP contribution in [0.2, 0.25) is 0 Å². The summed E-state index contributed by atoms with van der Waals surface area (Å²) < 4.78 is 0. The number of nitrogens with zero attached hydrogens (tertiary/aromatic N) is 1. The molecule has 98 valence electrons. The van der Waals surface area contributed by atoms with E-state index in [0.29, 0.717) is 0 Å². The molecule has 0 atom stereocenters. The smallest absolute Gasteiger partial charge is 0.317 e. The Morgan fingerprint density at radius 1 is 1.12 bits per heavy atom. The molecular weight excluding hydrogens is 212 g/mol. The first-order valence-electron chi connectivity index (χ1n) is 7.28. The molecule has 1 saturated heterocycles. The van der Waals surface area contributed by atoms with Gasteiger partial charge in [0, 0.05) is 19.6 Å². The van der Waals surface area contributed by atoms with Crippen molar-refractivity contribution >= 4 is 6.03 Å². The van der Waals surface area contributed by atoms with Crippen LogP contribution in [0.15, 0.2) is 0 Å². The molecule has 1 N–H and O–H groups in total. The molecule has 0 aromatic rings. The Labute approximate surface area is 105 Å². The second-order valence-corrected chi connectivity index (χ2v) is 5.86. The molecule has 0 spiro atoms. The number of hydrogen-bond acceptors (Lipinski definition) is 1. The van der Waals surface area contributed by atoms with Gasteiger partial charge in [-0.05, 0) is 37.5 Å². The number of urea groups is 1. The maximum Gasteiger partial charge on any atom is 0.317 e. The van der Waals surface area contributed by atoms with Crippen molar-refractivity contribution in [2.24, 2.45) is 11.8 Å². The van der Waals surface area contributed by atoms with E-state index >= 15 is 0 Å². The van der Waals surface area contributed by atoms with Gasteiger partial charge in [-0.25, -0.2) is 4.79 Å². The molecule has 3 nitrogen and oxygen atoms in total. The van der Waals surface area contributed by atoms with Gasteiger partial charge in [0.25, 0.3) is 0 Å². The minimum absolute atomic E-state index is 0.169. The molecule has 0 radical (unpaired) electrons. The fourth-order valence-corrected chi connectivity index (χ4v) is 2.95. The second kappa shape index (κ2) is 6.27. The number of piperidine rings is 1. The zero-order valence-corrected chi connectivity index (χ0v) is 11.1. The molecule has 1 saturated carbocycles. The van der Waals surface area contributed by atoms with Gasteiger partial charge < -0.3 is 10.2 Å². The Kier molecular flexibility index (Phi) is 4.69. The van der Waals surface area contributed by atoms with Crippen LogP contribution in [0.3, 0.4) is 0 Å². The molecule has 2 rings (SSSR count). The molecule has 1 aliphatic heterocycles. The lowest BCUT2D eigenvalue weighted by Crippen LogP contribution is -2.45. The first kappa shape index (κ1) is 12.7. The second-order valence-electron chi connectivity index (χ2n) is 5.86. The van der Waals surface area contributed by atoms with Gasteiger partial charge in [-0.1, -0.05) is 26.2 Å². The minimum Gasteiger partial charge on any atom is -0.338 e. The summed E-state index contributed by atoms with van der Waals surface area (Å²) >= 11 is 0. The first-order valence-corrected chi connectivity index (χ1v) is 7.28. The number of carbonyl (C=O) groups excluding carboxylic acids is 1. The Hall–Kier alpha value is -0.730. The molecule has 1 aliphatic carbocycles. The standard InChI is InChI=1S/C14H26N2O/c1-12-7-9-16(10-8-12)14(17)15-11-13-5-3-2-4-6-13/h12-13H,2-11H2,1H3,(H,15,17). The fraction of sp³-hybridized carbons (Fsp3) is 0.929. The number of carbonyl (C=O) groups is 1. The number of amides is 2. The monoisotopic (exact) mass is 238 g/mol. The van der Waals surface area contributed by atoms with Crippen molar-refractivity contribution < 1.29 is 4.79 Å². The van der Waals surface area contributed by atoms with Gasteiger partial charge in [0.05, 0.1) is 0 Å². The van der Waals surface area contributed by atoms with Gasteiger partial charge >= 0.3 is 6.03 Å². The molecule has 0 aromatic carbocycles. The molecular formula is C14H26N2O. The van der Waals surface area contributed by atoms with Crippen molar-refractivity contribution in [3.63, 3.8) is 0 Å². The van der Waals surface area contributed by atoms with Crippen molar-refractivity contribution in [3.8, 4) is 0 Å². The zero-order chi connectivity index (χ0) is 12.1. The first-order chi connectivity index (χ1) is 8.25. The van der Waals surface area contributed by atoms with Gasteiger partial charge in [0.2, 0.25) is 0 Å². The van der Waals surface area contributed by atoms with E-state index in [0.717, 1.165) is 44.3 Å². The SMILES string of the molecule is CC1CCN(C(=O)NCC2CCCCC2)CC1. The van der Waals surface area contributed by atoms with E-state index in [1.807, 2.05) is 4.90 Å². The Balaban J connectivity index is 1.66. The highest BCUT2D eigenvalue weighted by Crippen LogP contribution is 2.23. The number of nitrogens with one attached hydrogen (secondary N) is 1. The minimum atomic E-state index is 0.169. The van der Waals surface area contributed by atoms with Gasteiger partial charge in [0.15, 0.2) is 0 Å². The number of hydrogen-bond donors (Lipinski definition) is 1. The van der Waals surface area contributed by atoms with Crippen LogP contribution in [0.25, 0.3) is 0 Å². The van der Waals surface area contributed by atoms with E-state index in [2.05, 4.69) is 12.2 Å². The number of rotatable bonds is 2. The van der Waals surface area contributed by atoms with Gasteiger partial charge in [-0.3, -0.25) is 0 Å². The van der Waals surface area contributed by atoms with Gasteiger partial charge in [-0.2, -0.15) is 0 Å². The third-order valence-electron chi connectivity index (χ3n) is 4.34. The Bertz CT molecular complexity index is 241. The molecule has 1 heterocycles. The number of likely N-dealkylation sites (tertiary alicyclic amines) is 1. The summed E-state index contributed by atoms with van der Waals surface area (Å²) in [6.45, 7) is 5.05. The fourth-order valence-electron chi connectivity index (χ4n) is 2.95. The quantitative estimate of drug-likeness (QED) is 0.788. The third kappa shape index (κ3) is 3.90. The molecule has 0 aromatic heterocycles. The predicted octanol–water partition coefficient (Wildman–Crippen LogP) is 3.01. The van der Waals surface area contributed by atoms with Crippen molar-refractivity contribution in [3.05, 3.63) is 0 Å². The Morgan fingerprint density at radius 2 is 1.76 bits per heavy atom. The van der Waals surface area contributed by atoms with Crippen LogP contribution >= 0.6 is 0 Å². The molecule has 0 unspecified atom stereocenters. The average Bonchev–Trinajstić information content (AvgIpc) is 2.38. The molecule has 0 bridgehead atoms. The zero-order valence-electron chi connectivity index (χ0n) is 11.1. The van der Waals surface area contributed by atoms with Crippen molar-refractivity contribution in [2.45, 2.75) is 51.9 Å². The van der Waals surface area contributed by atoms with Gasteiger partial charge in [0.1, 0.15) is 0 Å². The third-order valence-corrected chi connectivity index (χ3v) is 4.34. The lowest BCUT2D eigenvalue weighted by Gasteiger charge is -2.31.